The van der Waals surface area contributed by atoms with Gasteiger partial charge in [-0.05, 0) is 43.7 Å². The van der Waals surface area contributed by atoms with Crippen molar-refractivity contribution in [2.45, 2.75) is 40.0 Å². The maximum absolute atomic E-state index is 11.8. The maximum Gasteiger partial charge on any atom is 0.287 e. The SMILES string of the molecule is CCNC(=NCC(CC)(CC)CCO)NCCNC(=O)c1ccco1. The monoisotopic (exact) mass is 352 g/mol. The zero-order chi connectivity index (χ0) is 18.5. The molecule has 1 aromatic heterocycles. The minimum atomic E-state index is -0.229. The Hall–Kier alpha value is -2.02. The molecule has 0 aliphatic rings. The minimum absolute atomic E-state index is 0.0323. The van der Waals surface area contributed by atoms with Crippen LogP contribution in [0.25, 0.3) is 0 Å². The number of furan rings is 1. The number of carbonyl (C=O) groups excluding carboxylic acids is 1. The van der Waals surface area contributed by atoms with E-state index in [-0.39, 0.29) is 17.9 Å². The van der Waals surface area contributed by atoms with Crippen molar-refractivity contribution in [1.29, 1.82) is 0 Å². The van der Waals surface area contributed by atoms with Gasteiger partial charge in [-0.1, -0.05) is 13.8 Å². The lowest BCUT2D eigenvalue weighted by Gasteiger charge is -2.29. The first-order chi connectivity index (χ1) is 12.1. The van der Waals surface area contributed by atoms with Gasteiger partial charge in [0.05, 0.1) is 6.26 Å². The van der Waals surface area contributed by atoms with Gasteiger partial charge < -0.3 is 25.5 Å². The van der Waals surface area contributed by atoms with E-state index in [0.29, 0.717) is 25.4 Å². The maximum atomic E-state index is 11.8. The summed E-state index contributed by atoms with van der Waals surface area (Å²) in [7, 11) is 0. The van der Waals surface area contributed by atoms with Crippen molar-refractivity contribution in [2.75, 3.05) is 32.8 Å². The van der Waals surface area contributed by atoms with Crippen LogP contribution in [-0.4, -0.2) is 49.8 Å². The first kappa shape index (κ1) is 21.0. The third-order valence-electron chi connectivity index (χ3n) is 4.51. The lowest BCUT2D eigenvalue weighted by atomic mass is 9.79. The molecule has 0 aromatic carbocycles. The van der Waals surface area contributed by atoms with Crippen molar-refractivity contribution in [3.05, 3.63) is 24.2 Å². The predicted molar refractivity (Wildman–Crippen MR) is 99.7 cm³/mol. The normalized spacial score (nSPS) is 12.1. The van der Waals surface area contributed by atoms with Crippen LogP contribution in [-0.2, 0) is 0 Å². The number of amides is 1. The molecule has 1 amide bonds. The highest BCUT2D eigenvalue weighted by atomic mass is 16.3. The van der Waals surface area contributed by atoms with Gasteiger partial charge in [0.25, 0.3) is 5.91 Å². The summed E-state index contributed by atoms with van der Waals surface area (Å²) in [6.45, 7) is 8.91. The van der Waals surface area contributed by atoms with Gasteiger partial charge in [0, 0.05) is 32.8 Å². The van der Waals surface area contributed by atoms with Crippen LogP contribution < -0.4 is 16.0 Å². The van der Waals surface area contributed by atoms with E-state index in [1.165, 1.54) is 6.26 Å². The predicted octanol–water partition coefficient (Wildman–Crippen LogP) is 1.75. The smallest absolute Gasteiger partial charge is 0.287 e. The van der Waals surface area contributed by atoms with Crippen LogP contribution in [0, 0.1) is 5.41 Å². The molecule has 0 saturated carbocycles. The van der Waals surface area contributed by atoms with Gasteiger partial charge in [-0.15, -0.1) is 0 Å². The average molecular weight is 352 g/mol. The van der Waals surface area contributed by atoms with E-state index in [4.69, 9.17) is 4.42 Å². The fraction of sp³-hybridized carbons (Fsp3) is 0.667. The highest BCUT2D eigenvalue weighted by Gasteiger charge is 2.25. The van der Waals surface area contributed by atoms with Gasteiger partial charge in [0.2, 0.25) is 0 Å². The second kappa shape index (κ2) is 11.5. The van der Waals surface area contributed by atoms with Crippen LogP contribution in [0.3, 0.4) is 0 Å². The van der Waals surface area contributed by atoms with Crippen molar-refractivity contribution < 1.29 is 14.3 Å². The molecule has 142 valence electrons. The lowest BCUT2D eigenvalue weighted by Crippen LogP contribution is -2.42. The molecule has 25 heavy (non-hydrogen) atoms. The van der Waals surface area contributed by atoms with Crippen molar-refractivity contribution in [3.8, 4) is 0 Å². The number of hydrogen-bond donors (Lipinski definition) is 4. The fourth-order valence-electron chi connectivity index (χ4n) is 2.58. The van der Waals surface area contributed by atoms with Gasteiger partial charge in [0.1, 0.15) is 0 Å². The number of rotatable bonds is 11. The first-order valence-corrected chi connectivity index (χ1v) is 9.05. The van der Waals surface area contributed by atoms with Gasteiger partial charge in [-0.3, -0.25) is 9.79 Å². The van der Waals surface area contributed by atoms with E-state index in [1.807, 2.05) is 6.92 Å². The van der Waals surface area contributed by atoms with E-state index in [2.05, 4.69) is 34.8 Å². The summed E-state index contributed by atoms with van der Waals surface area (Å²) in [5.74, 6) is 0.798. The molecule has 0 saturated heterocycles. The lowest BCUT2D eigenvalue weighted by molar-refractivity contribution is 0.0926. The first-order valence-electron chi connectivity index (χ1n) is 9.05. The Kier molecular flexibility index (Phi) is 9.69. The molecule has 1 heterocycles. The highest BCUT2D eigenvalue weighted by Crippen LogP contribution is 2.30. The van der Waals surface area contributed by atoms with E-state index >= 15 is 0 Å². The molecule has 0 bridgehead atoms. The Morgan fingerprint density at radius 3 is 2.48 bits per heavy atom. The standard InChI is InChI=1S/C18H32N4O3/c1-4-18(5-2,9-12-23)14-22-17(19-6-3)21-11-10-20-16(24)15-8-7-13-25-15/h7-8,13,23H,4-6,9-12,14H2,1-3H3,(H,20,24)(H2,19,21,22). The average Bonchev–Trinajstić information content (AvgIpc) is 3.16. The second-order valence-corrected chi connectivity index (χ2v) is 6.04. The Labute approximate surface area is 150 Å². The highest BCUT2D eigenvalue weighted by molar-refractivity contribution is 5.91. The molecule has 7 heteroatoms. The van der Waals surface area contributed by atoms with Crippen LogP contribution >= 0.6 is 0 Å². The number of nitrogens with one attached hydrogen (secondary N) is 3. The molecule has 1 aromatic rings. The molecule has 0 unspecified atom stereocenters. The summed E-state index contributed by atoms with van der Waals surface area (Å²) in [6.07, 6.45) is 4.18. The molecule has 0 spiro atoms. The summed E-state index contributed by atoms with van der Waals surface area (Å²) < 4.78 is 5.05. The number of carbonyl (C=O) groups is 1. The van der Waals surface area contributed by atoms with Gasteiger partial charge in [-0.25, -0.2) is 0 Å². The zero-order valence-corrected chi connectivity index (χ0v) is 15.6. The Bertz CT molecular complexity index is 510. The van der Waals surface area contributed by atoms with E-state index in [0.717, 1.165) is 31.8 Å². The molecule has 0 fully saturated rings. The summed E-state index contributed by atoms with van der Waals surface area (Å²) in [6, 6.07) is 3.31. The summed E-state index contributed by atoms with van der Waals surface area (Å²) in [5, 5.41) is 18.5. The van der Waals surface area contributed by atoms with Crippen molar-refractivity contribution in [3.63, 3.8) is 0 Å². The number of hydrogen-bond acceptors (Lipinski definition) is 4. The zero-order valence-electron chi connectivity index (χ0n) is 15.6. The Balaban J connectivity index is 2.48. The third kappa shape index (κ3) is 7.17. The third-order valence-corrected chi connectivity index (χ3v) is 4.51. The molecule has 7 nitrogen and oxygen atoms in total. The largest absolute Gasteiger partial charge is 0.459 e. The van der Waals surface area contributed by atoms with Crippen LogP contribution in [0.5, 0.6) is 0 Å². The molecule has 1 rings (SSSR count). The van der Waals surface area contributed by atoms with Gasteiger partial charge in [-0.2, -0.15) is 0 Å². The van der Waals surface area contributed by atoms with Gasteiger partial charge in [0.15, 0.2) is 11.7 Å². The molecular weight excluding hydrogens is 320 g/mol. The van der Waals surface area contributed by atoms with Crippen molar-refractivity contribution in [1.82, 2.24) is 16.0 Å². The second-order valence-electron chi connectivity index (χ2n) is 6.04. The number of guanidine groups is 1. The molecule has 4 N–H and O–H groups in total. The van der Waals surface area contributed by atoms with Crippen LogP contribution in [0.4, 0.5) is 0 Å². The quantitative estimate of drug-likeness (QED) is 0.276. The molecule has 0 atom stereocenters. The van der Waals surface area contributed by atoms with Gasteiger partial charge >= 0.3 is 0 Å². The Morgan fingerprint density at radius 2 is 1.92 bits per heavy atom. The molecular formula is C18H32N4O3. The van der Waals surface area contributed by atoms with E-state index in [1.54, 1.807) is 12.1 Å². The molecule has 0 aliphatic heterocycles. The van der Waals surface area contributed by atoms with Crippen LogP contribution in [0.1, 0.15) is 50.6 Å². The molecule has 0 radical (unpaired) electrons. The summed E-state index contributed by atoms with van der Waals surface area (Å²) in [4.78, 5) is 16.4. The van der Waals surface area contributed by atoms with E-state index < -0.39 is 0 Å². The topological polar surface area (TPSA) is 98.9 Å². The van der Waals surface area contributed by atoms with E-state index in [9.17, 15) is 9.90 Å². The number of aliphatic hydroxyl groups excluding tert-OH is 1. The van der Waals surface area contributed by atoms with Crippen LogP contribution in [0.2, 0.25) is 0 Å². The number of nitrogens with zero attached hydrogens (tertiary/aromatic N) is 1. The van der Waals surface area contributed by atoms with Crippen LogP contribution in [0.15, 0.2) is 27.8 Å². The minimum Gasteiger partial charge on any atom is -0.459 e. The number of aliphatic imine (C=N–C) groups is 1. The summed E-state index contributed by atoms with van der Waals surface area (Å²) >= 11 is 0. The number of aliphatic hydroxyl groups is 1. The fourth-order valence-corrected chi connectivity index (χ4v) is 2.58. The van der Waals surface area contributed by atoms with Crippen molar-refractivity contribution in [2.24, 2.45) is 10.4 Å². The van der Waals surface area contributed by atoms with Crippen molar-refractivity contribution >= 4 is 11.9 Å². The molecule has 0 aliphatic carbocycles. The summed E-state index contributed by atoms with van der Waals surface area (Å²) in [5.41, 5.74) is 0.0323. The Morgan fingerprint density at radius 1 is 1.20 bits per heavy atom.